The summed E-state index contributed by atoms with van der Waals surface area (Å²) in [6.45, 7) is 5.65. The highest BCUT2D eigenvalue weighted by Crippen LogP contribution is 2.29. The molecule has 1 atom stereocenters. The van der Waals surface area contributed by atoms with Gasteiger partial charge in [-0.25, -0.2) is 0 Å². The summed E-state index contributed by atoms with van der Waals surface area (Å²) in [5.41, 5.74) is 5.13. The Morgan fingerprint density at radius 1 is 1.12 bits per heavy atom. The van der Waals surface area contributed by atoms with E-state index in [0.29, 0.717) is 5.92 Å². The fourth-order valence-electron chi connectivity index (χ4n) is 3.98. The first-order valence-corrected chi connectivity index (χ1v) is 9.08. The second-order valence-corrected chi connectivity index (χ2v) is 6.98. The van der Waals surface area contributed by atoms with E-state index < -0.39 is 0 Å². The monoisotopic (exact) mass is 345 g/mol. The lowest BCUT2D eigenvalue weighted by Gasteiger charge is -2.17. The highest BCUT2D eigenvalue weighted by molar-refractivity contribution is 5.96. The molecule has 1 unspecified atom stereocenters. The standard InChI is InChI=1S/C22H23N3O/c1-16-13-21(17(2)25(16)20-9-6-11-23-14-20)22(26)24-12-10-19(15-24)18-7-4-3-5-8-18/h3-9,11,13-14,19H,10,12,15H2,1-2H3. The number of hydrogen-bond acceptors (Lipinski definition) is 2. The number of carbonyl (C=O) groups excluding carboxylic acids is 1. The number of aryl methyl sites for hydroxylation is 1. The highest BCUT2D eigenvalue weighted by atomic mass is 16.2. The molecule has 0 bridgehead atoms. The summed E-state index contributed by atoms with van der Waals surface area (Å²) in [6, 6.07) is 16.4. The van der Waals surface area contributed by atoms with Gasteiger partial charge in [-0.3, -0.25) is 9.78 Å². The van der Waals surface area contributed by atoms with Crippen LogP contribution in [-0.4, -0.2) is 33.4 Å². The molecule has 0 saturated carbocycles. The van der Waals surface area contributed by atoms with Crippen molar-refractivity contribution in [2.75, 3.05) is 13.1 Å². The molecule has 4 rings (SSSR count). The third-order valence-corrected chi connectivity index (χ3v) is 5.31. The zero-order valence-corrected chi connectivity index (χ0v) is 15.2. The van der Waals surface area contributed by atoms with E-state index in [4.69, 9.17) is 0 Å². The summed E-state index contributed by atoms with van der Waals surface area (Å²) < 4.78 is 2.10. The van der Waals surface area contributed by atoms with E-state index in [1.54, 1.807) is 6.20 Å². The number of hydrogen-bond donors (Lipinski definition) is 0. The molecule has 1 aromatic carbocycles. The number of benzene rings is 1. The Labute approximate surface area is 154 Å². The molecule has 1 fully saturated rings. The van der Waals surface area contributed by atoms with Crippen LogP contribution in [0.3, 0.4) is 0 Å². The summed E-state index contributed by atoms with van der Waals surface area (Å²) in [7, 11) is 0. The van der Waals surface area contributed by atoms with Crippen LogP contribution in [0.4, 0.5) is 0 Å². The van der Waals surface area contributed by atoms with Crippen molar-refractivity contribution in [3.63, 3.8) is 0 Å². The quantitative estimate of drug-likeness (QED) is 0.716. The predicted octanol–water partition coefficient (Wildman–Crippen LogP) is 4.12. The summed E-state index contributed by atoms with van der Waals surface area (Å²) in [6.07, 6.45) is 4.62. The Hall–Kier alpha value is -2.88. The van der Waals surface area contributed by atoms with E-state index in [0.717, 1.165) is 42.1 Å². The molecule has 4 nitrogen and oxygen atoms in total. The largest absolute Gasteiger partial charge is 0.338 e. The molecule has 1 amide bonds. The van der Waals surface area contributed by atoms with Gasteiger partial charge < -0.3 is 9.47 Å². The Morgan fingerprint density at radius 3 is 2.65 bits per heavy atom. The van der Waals surface area contributed by atoms with Crippen molar-refractivity contribution < 1.29 is 4.79 Å². The summed E-state index contributed by atoms with van der Waals surface area (Å²) >= 11 is 0. The fourth-order valence-corrected chi connectivity index (χ4v) is 3.98. The third kappa shape index (κ3) is 2.92. The molecule has 2 aromatic heterocycles. The Bertz CT molecular complexity index is 915. The van der Waals surface area contributed by atoms with Crippen LogP contribution in [-0.2, 0) is 0 Å². The third-order valence-electron chi connectivity index (χ3n) is 5.31. The van der Waals surface area contributed by atoms with Gasteiger partial charge in [-0.05, 0) is 44.0 Å². The Kier molecular flexibility index (Phi) is 4.33. The van der Waals surface area contributed by atoms with Crippen molar-refractivity contribution in [2.24, 2.45) is 0 Å². The maximum absolute atomic E-state index is 13.1. The van der Waals surface area contributed by atoms with Crippen LogP contribution >= 0.6 is 0 Å². The average molecular weight is 345 g/mol. The minimum absolute atomic E-state index is 0.131. The van der Waals surface area contributed by atoms with Gasteiger partial charge in [0.2, 0.25) is 0 Å². The SMILES string of the molecule is Cc1cc(C(=O)N2CCC(c3ccccc3)C2)c(C)n1-c1cccnc1. The topological polar surface area (TPSA) is 38.1 Å². The molecule has 0 spiro atoms. The van der Waals surface area contributed by atoms with Gasteiger partial charge in [-0.15, -0.1) is 0 Å². The first-order chi connectivity index (χ1) is 12.6. The smallest absolute Gasteiger partial charge is 0.255 e. The van der Waals surface area contributed by atoms with Crippen LogP contribution in [0.1, 0.15) is 39.6 Å². The minimum Gasteiger partial charge on any atom is -0.338 e. The van der Waals surface area contributed by atoms with E-state index in [9.17, 15) is 4.79 Å². The number of rotatable bonds is 3. The molecule has 0 N–H and O–H groups in total. The molecule has 132 valence electrons. The number of amides is 1. The van der Waals surface area contributed by atoms with Crippen molar-refractivity contribution in [1.82, 2.24) is 14.5 Å². The molecular weight excluding hydrogens is 322 g/mol. The van der Waals surface area contributed by atoms with Crippen LogP contribution in [0.25, 0.3) is 5.69 Å². The number of aromatic nitrogens is 2. The lowest BCUT2D eigenvalue weighted by atomic mass is 9.99. The molecule has 1 saturated heterocycles. The van der Waals surface area contributed by atoms with Crippen LogP contribution in [0.15, 0.2) is 60.9 Å². The van der Waals surface area contributed by atoms with Gasteiger partial charge in [0.05, 0.1) is 17.4 Å². The first-order valence-electron chi connectivity index (χ1n) is 9.08. The van der Waals surface area contributed by atoms with Gasteiger partial charge in [0.1, 0.15) is 0 Å². The summed E-state index contributed by atoms with van der Waals surface area (Å²) in [4.78, 5) is 19.3. The van der Waals surface area contributed by atoms with Crippen LogP contribution < -0.4 is 0 Å². The molecule has 3 aromatic rings. The summed E-state index contributed by atoms with van der Waals surface area (Å²) in [5.74, 6) is 0.564. The second-order valence-electron chi connectivity index (χ2n) is 6.98. The number of pyridine rings is 1. The van der Waals surface area contributed by atoms with Crippen molar-refractivity contribution in [2.45, 2.75) is 26.2 Å². The minimum atomic E-state index is 0.131. The van der Waals surface area contributed by atoms with Gasteiger partial charge >= 0.3 is 0 Å². The van der Waals surface area contributed by atoms with Crippen molar-refractivity contribution >= 4 is 5.91 Å². The molecule has 4 heteroatoms. The molecule has 0 aliphatic carbocycles. The van der Waals surface area contributed by atoms with Gasteiger partial charge in [0.15, 0.2) is 0 Å². The maximum Gasteiger partial charge on any atom is 0.255 e. The maximum atomic E-state index is 13.1. The van der Waals surface area contributed by atoms with E-state index in [-0.39, 0.29) is 5.91 Å². The molecule has 1 aliphatic rings. The van der Waals surface area contributed by atoms with E-state index >= 15 is 0 Å². The van der Waals surface area contributed by atoms with E-state index in [1.807, 2.05) is 49.2 Å². The molecule has 26 heavy (non-hydrogen) atoms. The van der Waals surface area contributed by atoms with Crippen molar-refractivity contribution in [1.29, 1.82) is 0 Å². The fraction of sp³-hybridized carbons (Fsp3) is 0.273. The molecule has 0 radical (unpaired) electrons. The van der Waals surface area contributed by atoms with E-state index in [1.165, 1.54) is 5.56 Å². The normalized spacial score (nSPS) is 16.8. The summed E-state index contributed by atoms with van der Waals surface area (Å²) in [5, 5.41) is 0. The zero-order valence-electron chi connectivity index (χ0n) is 15.2. The molecular formula is C22H23N3O. The lowest BCUT2D eigenvalue weighted by molar-refractivity contribution is 0.0790. The van der Waals surface area contributed by atoms with Crippen LogP contribution in [0.2, 0.25) is 0 Å². The molecule has 3 heterocycles. The van der Waals surface area contributed by atoms with Gasteiger partial charge in [-0.1, -0.05) is 30.3 Å². The number of likely N-dealkylation sites (tertiary alicyclic amines) is 1. The number of carbonyl (C=O) groups is 1. The van der Waals surface area contributed by atoms with Crippen molar-refractivity contribution in [3.05, 3.63) is 83.4 Å². The van der Waals surface area contributed by atoms with Gasteiger partial charge in [0.25, 0.3) is 5.91 Å². The Balaban J connectivity index is 1.58. The highest BCUT2D eigenvalue weighted by Gasteiger charge is 2.29. The van der Waals surface area contributed by atoms with Crippen LogP contribution in [0, 0.1) is 13.8 Å². The van der Waals surface area contributed by atoms with Crippen molar-refractivity contribution in [3.8, 4) is 5.69 Å². The van der Waals surface area contributed by atoms with E-state index in [2.05, 4.69) is 33.8 Å². The Morgan fingerprint density at radius 2 is 1.92 bits per heavy atom. The van der Waals surface area contributed by atoms with Gasteiger partial charge in [-0.2, -0.15) is 0 Å². The number of nitrogens with zero attached hydrogens (tertiary/aromatic N) is 3. The second kappa shape index (κ2) is 6.79. The average Bonchev–Trinajstić information content (AvgIpc) is 3.28. The lowest BCUT2D eigenvalue weighted by Crippen LogP contribution is -2.28. The van der Waals surface area contributed by atoms with Gasteiger partial charge in [0, 0.05) is 36.6 Å². The first kappa shape index (κ1) is 16.6. The zero-order chi connectivity index (χ0) is 18.1. The predicted molar refractivity (Wildman–Crippen MR) is 103 cm³/mol. The molecule has 1 aliphatic heterocycles. The van der Waals surface area contributed by atoms with Crippen LogP contribution in [0.5, 0.6) is 0 Å².